The van der Waals surface area contributed by atoms with Crippen LogP contribution in [0.2, 0.25) is 0 Å². The van der Waals surface area contributed by atoms with Crippen LogP contribution in [0.5, 0.6) is 5.75 Å². The van der Waals surface area contributed by atoms with Crippen molar-refractivity contribution in [2.45, 2.75) is 0 Å². The molecule has 1 amide bonds. The highest BCUT2D eigenvalue weighted by atomic mass is 79.9. The summed E-state index contributed by atoms with van der Waals surface area (Å²) in [6, 6.07) is 14.4. The number of carbonyl (C=O) groups excluding carboxylic acids is 1. The number of hydrazone groups is 1. The summed E-state index contributed by atoms with van der Waals surface area (Å²) in [5, 5.41) is 13.8. The predicted molar refractivity (Wildman–Crippen MR) is 103 cm³/mol. The molecule has 0 spiro atoms. The molecular weight excluding hydrogens is 418 g/mol. The van der Waals surface area contributed by atoms with Gasteiger partial charge in [-0.2, -0.15) is 5.10 Å². The van der Waals surface area contributed by atoms with Crippen LogP contribution in [0.25, 0.3) is 11.1 Å². The minimum Gasteiger partial charge on any atom is -0.507 e. The van der Waals surface area contributed by atoms with Gasteiger partial charge in [0.25, 0.3) is 5.91 Å². The van der Waals surface area contributed by atoms with E-state index in [9.17, 15) is 18.7 Å². The summed E-state index contributed by atoms with van der Waals surface area (Å²) in [5.74, 6) is -2.40. The van der Waals surface area contributed by atoms with Crippen LogP contribution in [0.4, 0.5) is 8.78 Å². The van der Waals surface area contributed by atoms with Crippen LogP contribution in [0.15, 0.2) is 70.2 Å². The topological polar surface area (TPSA) is 61.7 Å². The molecule has 0 radical (unpaired) electrons. The molecule has 0 bridgehead atoms. The molecule has 2 N–H and O–H groups in total. The summed E-state index contributed by atoms with van der Waals surface area (Å²) in [5.41, 5.74) is 3.44. The number of amides is 1. The third-order valence-electron chi connectivity index (χ3n) is 3.73. The van der Waals surface area contributed by atoms with Gasteiger partial charge < -0.3 is 5.11 Å². The number of nitrogens with one attached hydrogen (secondary N) is 1. The van der Waals surface area contributed by atoms with Gasteiger partial charge in [-0.15, -0.1) is 0 Å². The maximum atomic E-state index is 14.0. The van der Waals surface area contributed by atoms with Gasteiger partial charge >= 0.3 is 0 Å². The molecule has 0 fully saturated rings. The number of rotatable bonds is 4. The molecule has 0 saturated heterocycles. The van der Waals surface area contributed by atoms with E-state index in [0.29, 0.717) is 5.56 Å². The van der Waals surface area contributed by atoms with Crippen molar-refractivity contribution in [3.05, 3.63) is 87.9 Å². The summed E-state index contributed by atoms with van der Waals surface area (Å²) in [7, 11) is 0. The Balaban J connectivity index is 1.81. The van der Waals surface area contributed by atoms with Gasteiger partial charge in [0.2, 0.25) is 0 Å². The van der Waals surface area contributed by atoms with Gasteiger partial charge in [-0.05, 0) is 47.5 Å². The van der Waals surface area contributed by atoms with Crippen LogP contribution in [-0.2, 0) is 0 Å². The predicted octanol–water partition coefficient (Wildman–Crippen LogP) is 4.86. The van der Waals surface area contributed by atoms with Gasteiger partial charge in [-0.3, -0.25) is 4.79 Å². The summed E-state index contributed by atoms with van der Waals surface area (Å²) >= 11 is 3.32. The molecule has 0 atom stereocenters. The normalized spacial score (nSPS) is 10.9. The van der Waals surface area contributed by atoms with E-state index in [0.717, 1.165) is 22.2 Å². The number of hydrogen-bond donors (Lipinski definition) is 2. The van der Waals surface area contributed by atoms with Crippen molar-refractivity contribution >= 4 is 28.1 Å². The standard InChI is InChI=1S/C20H13BrF2N2O2/c21-14-4-1-12(2-5-14)11-24-25-20(27)17-9-13(3-8-19(17)26)16-7-6-15(22)10-18(16)23/h1-11,26H,(H,25,27)/b24-11+. The minimum atomic E-state index is -0.764. The van der Waals surface area contributed by atoms with Crippen LogP contribution in [0, 0.1) is 11.6 Å². The van der Waals surface area contributed by atoms with Crippen LogP contribution in [-0.4, -0.2) is 17.2 Å². The lowest BCUT2D eigenvalue weighted by molar-refractivity contribution is 0.0952. The molecule has 7 heteroatoms. The van der Waals surface area contributed by atoms with Crippen LogP contribution < -0.4 is 5.43 Å². The van der Waals surface area contributed by atoms with E-state index < -0.39 is 17.5 Å². The third-order valence-corrected chi connectivity index (χ3v) is 4.26. The quantitative estimate of drug-likeness (QED) is 0.458. The Labute approximate surface area is 162 Å². The van der Waals surface area contributed by atoms with E-state index in [2.05, 4.69) is 26.5 Å². The van der Waals surface area contributed by atoms with E-state index >= 15 is 0 Å². The van der Waals surface area contributed by atoms with E-state index in [4.69, 9.17) is 0 Å². The lowest BCUT2D eigenvalue weighted by atomic mass is 10.0. The van der Waals surface area contributed by atoms with Gasteiger partial charge in [-0.25, -0.2) is 14.2 Å². The molecule has 3 rings (SSSR count). The third kappa shape index (κ3) is 4.57. The number of phenols is 1. The fraction of sp³-hybridized carbons (Fsp3) is 0. The fourth-order valence-electron chi connectivity index (χ4n) is 2.38. The maximum absolute atomic E-state index is 14.0. The maximum Gasteiger partial charge on any atom is 0.275 e. The first kappa shape index (κ1) is 18.7. The zero-order valence-electron chi connectivity index (χ0n) is 13.8. The highest BCUT2D eigenvalue weighted by molar-refractivity contribution is 9.10. The molecule has 3 aromatic carbocycles. The number of benzene rings is 3. The molecule has 27 heavy (non-hydrogen) atoms. The number of hydrogen-bond acceptors (Lipinski definition) is 3. The summed E-state index contributed by atoms with van der Waals surface area (Å²) < 4.78 is 27.9. The lowest BCUT2D eigenvalue weighted by Crippen LogP contribution is -2.17. The van der Waals surface area contributed by atoms with Crippen molar-refractivity contribution in [1.82, 2.24) is 5.43 Å². The molecule has 0 aliphatic heterocycles. The first-order valence-electron chi connectivity index (χ1n) is 7.81. The van der Waals surface area contributed by atoms with Crippen molar-refractivity contribution in [3.8, 4) is 16.9 Å². The average Bonchev–Trinajstić information content (AvgIpc) is 2.64. The smallest absolute Gasteiger partial charge is 0.275 e. The molecule has 0 unspecified atom stereocenters. The second-order valence-corrected chi connectivity index (χ2v) is 6.52. The van der Waals surface area contributed by atoms with Crippen molar-refractivity contribution < 1.29 is 18.7 Å². The van der Waals surface area contributed by atoms with Crippen molar-refractivity contribution in [2.75, 3.05) is 0 Å². The Bertz CT molecular complexity index is 1020. The van der Waals surface area contributed by atoms with E-state index in [1.165, 1.54) is 30.5 Å². The molecular formula is C20H13BrF2N2O2. The van der Waals surface area contributed by atoms with Gasteiger partial charge in [0.15, 0.2) is 0 Å². The minimum absolute atomic E-state index is 0.0795. The van der Waals surface area contributed by atoms with Gasteiger partial charge in [0.1, 0.15) is 17.4 Å². The van der Waals surface area contributed by atoms with Crippen LogP contribution in [0.3, 0.4) is 0 Å². The summed E-state index contributed by atoms with van der Waals surface area (Å²) in [6.45, 7) is 0. The monoisotopic (exact) mass is 430 g/mol. The van der Waals surface area contributed by atoms with Crippen LogP contribution >= 0.6 is 15.9 Å². The van der Waals surface area contributed by atoms with E-state index in [-0.39, 0.29) is 16.9 Å². The summed E-state index contributed by atoms with van der Waals surface area (Å²) in [4.78, 5) is 12.3. The Hall–Kier alpha value is -3.06. The number of phenolic OH excluding ortho intramolecular Hbond substituents is 1. The fourth-order valence-corrected chi connectivity index (χ4v) is 2.65. The van der Waals surface area contributed by atoms with Gasteiger partial charge in [-0.1, -0.05) is 34.1 Å². The van der Waals surface area contributed by atoms with E-state index in [1.807, 2.05) is 12.1 Å². The Morgan fingerprint density at radius 1 is 1.04 bits per heavy atom. The second-order valence-electron chi connectivity index (χ2n) is 5.61. The molecule has 0 aliphatic carbocycles. The van der Waals surface area contributed by atoms with Crippen molar-refractivity contribution in [3.63, 3.8) is 0 Å². The highest BCUT2D eigenvalue weighted by Crippen LogP contribution is 2.28. The first-order valence-corrected chi connectivity index (χ1v) is 8.61. The Morgan fingerprint density at radius 3 is 2.48 bits per heavy atom. The van der Waals surface area contributed by atoms with Crippen molar-refractivity contribution in [1.29, 1.82) is 0 Å². The highest BCUT2D eigenvalue weighted by Gasteiger charge is 2.14. The number of carbonyl (C=O) groups is 1. The molecule has 0 aromatic heterocycles. The first-order chi connectivity index (χ1) is 12.9. The number of aromatic hydroxyl groups is 1. The SMILES string of the molecule is O=C(N/N=C/c1ccc(Br)cc1)c1cc(-c2ccc(F)cc2F)ccc1O. The van der Waals surface area contributed by atoms with Gasteiger partial charge in [0.05, 0.1) is 11.8 Å². The lowest BCUT2D eigenvalue weighted by Gasteiger charge is -2.08. The van der Waals surface area contributed by atoms with Crippen molar-refractivity contribution in [2.24, 2.45) is 5.10 Å². The number of halogens is 3. The molecule has 0 saturated carbocycles. The number of nitrogens with zero attached hydrogens (tertiary/aromatic N) is 1. The zero-order chi connectivity index (χ0) is 19.4. The Kier molecular flexibility index (Phi) is 5.61. The summed E-state index contributed by atoms with van der Waals surface area (Å²) in [6.07, 6.45) is 1.45. The molecule has 136 valence electrons. The van der Waals surface area contributed by atoms with Gasteiger partial charge in [0, 0.05) is 16.1 Å². The molecule has 0 heterocycles. The van der Waals surface area contributed by atoms with Crippen LogP contribution in [0.1, 0.15) is 15.9 Å². The van der Waals surface area contributed by atoms with E-state index in [1.54, 1.807) is 12.1 Å². The zero-order valence-corrected chi connectivity index (χ0v) is 15.4. The molecule has 0 aliphatic rings. The molecule has 3 aromatic rings. The Morgan fingerprint density at radius 2 is 1.78 bits per heavy atom. The largest absolute Gasteiger partial charge is 0.507 e. The average molecular weight is 431 g/mol. The second kappa shape index (κ2) is 8.09. The molecule has 4 nitrogen and oxygen atoms in total.